The van der Waals surface area contributed by atoms with Gasteiger partial charge in [0.05, 0.1) is 0 Å². The van der Waals surface area contributed by atoms with Gasteiger partial charge in [-0.05, 0) is 109 Å². The molecule has 0 saturated heterocycles. The van der Waals surface area contributed by atoms with Crippen molar-refractivity contribution < 1.29 is 28.6 Å². The van der Waals surface area contributed by atoms with Crippen molar-refractivity contribution in [1.82, 2.24) is 0 Å². The van der Waals surface area contributed by atoms with E-state index in [4.69, 9.17) is 14.2 Å². The number of allylic oxidation sites excluding steroid dienone is 16. The lowest BCUT2D eigenvalue weighted by Gasteiger charge is -2.18. The van der Waals surface area contributed by atoms with Crippen molar-refractivity contribution >= 4 is 17.9 Å². The van der Waals surface area contributed by atoms with Gasteiger partial charge in [0.1, 0.15) is 13.2 Å². The first-order valence-electron chi connectivity index (χ1n) is 22.2. The molecule has 0 amide bonds. The van der Waals surface area contributed by atoms with Crippen LogP contribution in [0.15, 0.2) is 97.2 Å². The van der Waals surface area contributed by atoms with Crippen LogP contribution in [0.25, 0.3) is 0 Å². The summed E-state index contributed by atoms with van der Waals surface area (Å²) in [5.74, 6) is -1.00. The predicted molar refractivity (Wildman–Crippen MR) is 237 cm³/mol. The topological polar surface area (TPSA) is 78.9 Å². The zero-order valence-corrected chi connectivity index (χ0v) is 35.9. The van der Waals surface area contributed by atoms with E-state index in [0.717, 1.165) is 122 Å². The molecule has 1 unspecified atom stereocenters. The van der Waals surface area contributed by atoms with Gasteiger partial charge in [0.2, 0.25) is 0 Å². The molecule has 0 fully saturated rings. The maximum Gasteiger partial charge on any atom is 0.306 e. The lowest BCUT2D eigenvalue weighted by Crippen LogP contribution is -2.30. The largest absolute Gasteiger partial charge is 0.462 e. The molecule has 6 heteroatoms. The molecule has 0 heterocycles. The van der Waals surface area contributed by atoms with Crippen molar-refractivity contribution in [3.05, 3.63) is 97.2 Å². The minimum absolute atomic E-state index is 0.109. The van der Waals surface area contributed by atoms with Gasteiger partial charge in [-0.25, -0.2) is 0 Å². The Kier molecular flexibility index (Phi) is 41.2. The highest BCUT2D eigenvalue weighted by molar-refractivity contribution is 5.71. The van der Waals surface area contributed by atoms with E-state index in [9.17, 15) is 14.4 Å². The quantitative estimate of drug-likeness (QED) is 0.0269. The fraction of sp³-hybridized carbons (Fsp3) is 0.620. The molecule has 56 heavy (non-hydrogen) atoms. The van der Waals surface area contributed by atoms with Crippen LogP contribution in [0.1, 0.15) is 181 Å². The van der Waals surface area contributed by atoms with Crippen LogP contribution < -0.4 is 0 Å². The maximum absolute atomic E-state index is 12.7. The summed E-state index contributed by atoms with van der Waals surface area (Å²) in [6, 6.07) is 0. The number of hydrogen-bond acceptors (Lipinski definition) is 6. The van der Waals surface area contributed by atoms with Gasteiger partial charge in [-0.15, -0.1) is 0 Å². The number of rotatable bonds is 38. The zero-order chi connectivity index (χ0) is 40.8. The van der Waals surface area contributed by atoms with Crippen LogP contribution in [0.2, 0.25) is 0 Å². The fourth-order valence-electron chi connectivity index (χ4n) is 5.51. The Morgan fingerprint density at radius 1 is 0.375 bits per heavy atom. The van der Waals surface area contributed by atoms with Gasteiger partial charge in [0, 0.05) is 19.3 Å². The summed E-state index contributed by atoms with van der Waals surface area (Å²) in [7, 11) is 0. The van der Waals surface area contributed by atoms with Crippen LogP contribution in [-0.4, -0.2) is 37.2 Å². The Balaban J connectivity index is 4.52. The first-order chi connectivity index (χ1) is 27.5. The molecule has 0 N–H and O–H groups in total. The zero-order valence-electron chi connectivity index (χ0n) is 35.9. The van der Waals surface area contributed by atoms with E-state index in [0.29, 0.717) is 19.3 Å². The molecule has 0 saturated carbocycles. The molecular weight excluding hydrogens is 697 g/mol. The van der Waals surface area contributed by atoms with Crippen LogP contribution in [-0.2, 0) is 28.6 Å². The molecule has 0 aromatic rings. The average molecular weight is 777 g/mol. The monoisotopic (exact) mass is 777 g/mol. The summed E-state index contributed by atoms with van der Waals surface area (Å²) in [6.45, 7) is 6.24. The predicted octanol–water partition coefficient (Wildman–Crippen LogP) is 14.2. The standard InChI is InChI=1S/C50H80O6/c1-4-7-10-13-16-19-22-24-25-27-28-31-34-37-40-43-49(52)55-46-47(45-54-48(51)42-39-36-33-30-21-18-15-12-9-6-3)56-50(53)44-41-38-35-32-29-26-23-20-17-14-11-8-5-2/h7-8,10-12,15-17,19-20,24-26,28-29,31,47H,4-6,9,13-14,18,21-23,27,30,32-46H2,1-3H3/b10-7-,11-8-,15-12-,19-16-,20-17-,25-24-,29-26-,31-28-. The molecule has 0 aromatic heterocycles. The van der Waals surface area contributed by atoms with Crippen molar-refractivity contribution in [2.75, 3.05) is 13.2 Å². The highest BCUT2D eigenvalue weighted by Crippen LogP contribution is 2.11. The molecule has 6 nitrogen and oxygen atoms in total. The number of unbranched alkanes of at least 4 members (excludes halogenated alkanes) is 11. The normalized spacial score (nSPS) is 13.0. The third-order valence-corrected chi connectivity index (χ3v) is 8.78. The molecule has 0 bridgehead atoms. The van der Waals surface area contributed by atoms with Crippen LogP contribution in [0.4, 0.5) is 0 Å². The lowest BCUT2D eigenvalue weighted by atomic mass is 10.1. The van der Waals surface area contributed by atoms with Crippen LogP contribution >= 0.6 is 0 Å². The van der Waals surface area contributed by atoms with Gasteiger partial charge in [-0.2, -0.15) is 0 Å². The van der Waals surface area contributed by atoms with Crippen LogP contribution in [0.5, 0.6) is 0 Å². The second-order valence-electron chi connectivity index (χ2n) is 14.2. The molecular formula is C50H80O6. The Morgan fingerprint density at radius 2 is 0.696 bits per heavy atom. The van der Waals surface area contributed by atoms with Gasteiger partial charge in [-0.1, -0.05) is 150 Å². The summed E-state index contributed by atoms with van der Waals surface area (Å²) in [4.78, 5) is 37.7. The Morgan fingerprint density at radius 3 is 1.16 bits per heavy atom. The molecule has 0 spiro atoms. The summed E-state index contributed by atoms with van der Waals surface area (Å²) in [6.07, 6.45) is 56.8. The van der Waals surface area contributed by atoms with E-state index in [2.05, 4.69) is 118 Å². The first-order valence-corrected chi connectivity index (χ1v) is 22.2. The number of carbonyl (C=O) groups is 3. The van der Waals surface area contributed by atoms with E-state index >= 15 is 0 Å². The van der Waals surface area contributed by atoms with Crippen molar-refractivity contribution in [3.8, 4) is 0 Å². The molecule has 316 valence electrons. The van der Waals surface area contributed by atoms with Gasteiger partial charge in [0.15, 0.2) is 6.10 Å². The molecule has 0 aliphatic rings. The molecule has 0 radical (unpaired) electrons. The van der Waals surface area contributed by atoms with Crippen molar-refractivity contribution in [1.29, 1.82) is 0 Å². The number of esters is 3. The number of hydrogen-bond donors (Lipinski definition) is 0. The minimum Gasteiger partial charge on any atom is -0.462 e. The molecule has 1 atom stereocenters. The van der Waals surface area contributed by atoms with Crippen molar-refractivity contribution in [2.45, 2.75) is 187 Å². The SMILES string of the molecule is CC/C=C\C/C=C\C/C=C\C/C=C\CCCCC(=O)OCC(COC(=O)CCCCCCC/C=C\CCC)OC(=O)CCCCC/C=C\C/C=C\C/C=C\CC. The van der Waals surface area contributed by atoms with Crippen LogP contribution in [0, 0.1) is 0 Å². The second kappa shape index (κ2) is 44.0. The van der Waals surface area contributed by atoms with Gasteiger partial charge >= 0.3 is 17.9 Å². The molecule has 0 aromatic carbocycles. The second-order valence-corrected chi connectivity index (χ2v) is 14.2. The highest BCUT2D eigenvalue weighted by atomic mass is 16.6. The molecule has 0 aliphatic heterocycles. The molecule has 0 aliphatic carbocycles. The summed E-state index contributed by atoms with van der Waals surface area (Å²) >= 11 is 0. The minimum atomic E-state index is -0.811. The smallest absolute Gasteiger partial charge is 0.306 e. The highest BCUT2D eigenvalue weighted by Gasteiger charge is 2.19. The molecule has 0 rings (SSSR count). The average Bonchev–Trinajstić information content (AvgIpc) is 3.19. The van der Waals surface area contributed by atoms with Crippen molar-refractivity contribution in [2.24, 2.45) is 0 Å². The number of carbonyl (C=O) groups excluding carboxylic acids is 3. The Hall–Kier alpha value is -3.67. The van der Waals surface area contributed by atoms with E-state index in [1.807, 2.05) is 0 Å². The van der Waals surface area contributed by atoms with Crippen LogP contribution in [0.3, 0.4) is 0 Å². The van der Waals surface area contributed by atoms with Gasteiger partial charge in [0.25, 0.3) is 0 Å². The first kappa shape index (κ1) is 52.3. The van der Waals surface area contributed by atoms with E-state index in [-0.39, 0.29) is 37.5 Å². The van der Waals surface area contributed by atoms with Gasteiger partial charge in [-0.3, -0.25) is 14.4 Å². The fourth-order valence-corrected chi connectivity index (χ4v) is 5.51. The van der Waals surface area contributed by atoms with E-state index < -0.39 is 6.10 Å². The van der Waals surface area contributed by atoms with Gasteiger partial charge < -0.3 is 14.2 Å². The van der Waals surface area contributed by atoms with Crippen molar-refractivity contribution in [3.63, 3.8) is 0 Å². The summed E-state index contributed by atoms with van der Waals surface area (Å²) in [5, 5.41) is 0. The maximum atomic E-state index is 12.7. The Bertz CT molecular complexity index is 1170. The number of ether oxygens (including phenoxy) is 3. The summed E-state index contributed by atoms with van der Waals surface area (Å²) < 4.78 is 16.6. The summed E-state index contributed by atoms with van der Waals surface area (Å²) in [5.41, 5.74) is 0. The van der Waals surface area contributed by atoms with E-state index in [1.165, 1.54) is 12.8 Å². The lowest BCUT2D eigenvalue weighted by molar-refractivity contribution is -0.167. The third-order valence-electron chi connectivity index (χ3n) is 8.78. The van der Waals surface area contributed by atoms with E-state index in [1.54, 1.807) is 0 Å². The third kappa shape index (κ3) is 41.5. The Labute approximate surface area is 343 Å².